The zero-order chi connectivity index (χ0) is 14.7. The van der Waals surface area contributed by atoms with E-state index in [0.29, 0.717) is 24.2 Å². The van der Waals surface area contributed by atoms with Crippen LogP contribution in [0.3, 0.4) is 0 Å². The molecule has 4 heteroatoms. The molecule has 0 radical (unpaired) electrons. The molecule has 3 heterocycles. The van der Waals surface area contributed by atoms with Gasteiger partial charge in [-0.05, 0) is 38.6 Å². The molecule has 2 aliphatic rings. The molecule has 118 valence electrons. The zero-order valence-electron chi connectivity index (χ0n) is 13.4. The second-order valence-corrected chi connectivity index (χ2v) is 6.58. The summed E-state index contributed by atoms with van der Waals surface area (Å²) >= 11 is 0. The molecule has 1 N–H and O–H groups in total. The van der Waals surface area contributed by atoms with E-state index in [1.165, 1.54) is 31.5 Å². The first-order valence-electron chi connectivity index (χ1n) is 8.70. The van der Waals surface area contributed by atoms with Gasteiger partial charge >= 0.3 is 0 Å². The van der Waals surface area contributed by atoms with Gasteiger partial charge in [0.25, 0.3) is 0 Å². The number of imidazole rings is 1. The van der Waals surface area contributed by atoms with Crippen molar-refractivity contribution in [3.05, 3.63) is 18.2 Å². The molecule has 0 saturated carbocycles. The molecule has 4 atom stereocenters. The third kappa shape index (κ3) is 3.32. The van der Waals surface area contributed by atoms with Crippen LogP contribution in [0.5, 0.6) is 0 Å². The highest BCUT2D eigenvalue weighted by molar-refractivity contribution is 5.02. The van der Waals surface area contributed by atoms with Gasteiger partial charge in [0.05, 0.1) is 12.2 Å². The van der Waals surface area contributed by atoms with E-state index in [9.17, 15) is 0 Å². The fourth-order valence-electron chi connectivity index (χ4n) is 3.98. The van der Waals surface area contributed by atoms with E-state index in [1.807, 2.05) is 6.20 Å². The van der Waals surface area contributed by atoms with Gasteiger partial charge in [-0.3, -0.25) is 0 Å². The highest BCUT2D eigenvalue weighted by Crippen LogP contribution is 2.41. The first-order valence-corrected chi connectivity index (χ1v) is 8.70. The van der Waals surface area contributed by atoms with Gasteiger partial charge in [0, 0.05) is 37.3 Å². The van der Waals surface area contributed by atoms with Crippen LogP contribution >= 0.6 is 0 Å². The van der Waals surface area contributed by atoms with Crippen LogP contribution in [0.1, 0.15) is 51.8 Å². The molecular formula is C17H29N3O. The smallest absolute Gasteiger partial charge is 0.110 e. The fourth-order valence-corrected chi connectivity index (χ4v) is 3.98. The van der Waals surface area contributed by atoms with Crippen LogP contribution in [-0.4, -0.2) is 34.3 Å². The summed E-state index contributed by atoms with van der Waals surface area (Å²) in [4.78, 5) is 4.60. The molecular weight excluding hydrogens is 262 g/mol. The molecule has 0 aliphatic carbocycles. The van der Waals surface area contributed by atoms with Crippen molar-refractivity contribution in [2.75, 3.05) is 6.54 Å². The molecule has 2 saturated heterocycles. The van der Waals surface area contributed by atoms with Crippen LogP contribution in [-0.2, 0) is 17.7 Å². The summed E-state index contributed by atoms with van der Waals surface area (Å²) in [6, 6.07) is 0.512. The standard InChI is InChI=1S/C17H29N3O/c1-3-7-18-15(14-11-13-5-6-16(14)21-13)12-17-19-8-10-20(17)9-4-2/h8,10,13-16,18H,3-7,9,11-12H2,1-2H3. The minimum Gasteiger partial charge on any atom is -0.375 e. The number of nitrogens with zero attached hydrogens (tertiary/aromatic N) is 2. The highest BCUT2D eigenvalue weighted by Gasteiger charge is 2.44. The third-order valence-corrected chi connectivity index (χ3v) is 5.00. The van der Waals surface area contributed by atoms with E-state index in [1.54, 1.807) is 0 Å². The topological polar surface area (TPSA) is 39.1 Å². The van der Waals surface area contributed by atoms with Crippen molar-refractivity contribution in [3.8, 4) is 0 Å². The van der Waals surface area contributed by atoms with Gasteiger partial charge < -0.3 is 14.6 Å². The van der Waals surface area contributed by atoms with Crippen LogP contribution in [0, 0.1) is 5.92 Å². The normalized spacial score (nSPS) is 29.1. The van der Waals surface area contributed by atoms with Gasteiger partial charge in [0.15, 0.2) is 0 Å². The number of fused-ring (bicyclic) bond motifs is 2. The molecule has 1 aromatic heterocycles. The monoisotopic (exact) mass is 291 g/mol. The molecule has 2 fully saturated rings. The number of hydrogen-bond donors (Lipinski definition) is 1. The van der Waals surface area contributed by atoms with Crippen molar-refractivity contribution >= 4 is 0 Å². The lowest BCUT2D eigenvalue weighted by atomic mass is 9.82. The largest absolute Gasteiger partial charge is 0.375 e. The quantitative estimate of drug-likeness (QED) is 0.800. The Bertz CT molecular complexity index is 445. The maximum Gasteiger partial charge on any atom is 0.110 e. The molecule has 4 nitrogen and oxygen atoms in total. The lowest BCUT2D eigenvalue weighted by Gasteiger charge is -2.29. The lowest BCUT2D eigenvalue weighted by molar-refractivity contribution is 0.0855. The Hall–Kier alpha value is -0.870. The Morgan fingerprint density at radius 1 is 1.38 bits per heavy atom. The third-order valence-electron chi connectivity index (χ3n) is 5.00. The van der Waals surface area contributed by atoms with E-state index in [2.05, 4.69) is 34.9 Å². The first kappa shape index (κ1) is 15.0. The number of nitrogens with one attached hydrogen (secondary N) is 1. The molecule has 21 heavy (non-hydrogen) atoms. The van der Waals surface area contributed by atoms with Crippen molar-refractivity contribution < 1.29 is 4.74 Å². The molecule has 0 amide bonds. The van der Waals surface area contributed by atoms with E-state index in [4.69, 9.17) is 4.74 Å². The summed E-state index contributed by atoms with van der Waals surface area (Å²) in [6.07, 6.45) is 12.2. The predicted octanol–water partition coefficient (Wildman–Crippen LogP) is 2.77. The van der Waals surface area contributed by atoms with Gasteiger partial charge in [-0.1, -0.05) is 13.8 Å². The average Bonchev–Trinajstić information content (AvgIpc) is 3.20. The van der Waals surface area contributed by atoms with Gasteiger partial charge in [-0.25, -0.2) is 4.98 Å². The van der Waals surface area contributed by atoms with Gasteiger partial charge in [0.1, 0.15) is 5.82 Å². The van der Waals surface area contributed by atoms with Crippen LogP contribution in [0.4, 0.5) is 0 Å². The Balaban J connectivity index is 1.68. The molecule has 0 spiro atoms. The highest BCUT2D eigenvalue weighted by atomic mass is 16.5. The van der Waals surface area contributed by atoms with Crippen LogP contribution < -0.4 is 5.32 Å². The van der Waals surface area contributed by atoms with E-state index in [0.717, 1.165) is 25.9 Å². The zero-order valence-corrected chi connectivity index (χ0v) is 13.4. The summed E-state index contributed by atoms with van der Waals surface area (Å²) in [6.45, 7) is 6.62. The number of hydrogen-bond acceptors (Lipinski definition) is 3. The van der Waals surface area contributed by atoms with Gasteiger partial charge in [-0.2, -0.15) is 0 Å². The van der Waals surface area contributed by atoms with Crippen molar-refractivity contribution in [3.63, 3.8) is 0 Å². The van der Waals surface area contributed by atoms with Crippen molar-refractivity contribution in [2.24, 2.45) is 5.92 Å². The minimum absolute atomic E-state index is 0.485. The van der Waals surface area contributed by atoms with E-state index in [-0.39, 0.29) is 0 Å². The molecule has 3 rings (SSSR count). The Morgan fingerprint density at radius 2 is 2.29 bits per heavy atom. The van der Waals surface area contributed by atoms with E-state index >= 15 is 0 Å². The SMILES string of the molecule is CCCNC(Cc1nccn1CCC)C1CC2CCC1O2. The van der Waals surface area contributed by atoms with Gasteiger partial charge in [0.2, 0.25) is 0 Å². The Morgan fingerprint density at radius 3 is 2.95 bits per heavy atom. The summed E-state index contributed by atoms with van der Waals surface area (Å²) in [5.74, 6) is 1.90. The lowest BCUT2D eigenvalue weighted by Crippen LogP contribution is -2.43. The van der Waals surface area contributed by atoms with E-state index < -0.39 is 0 Å². The molecule has 0 aromatic carbocycles. The maximum absolute atomic E-state index is 6.08. The van der Waals surface area contributed by atoms with Gasteiger partial charge in [-0.15, -0.1) is 0 Å². The molecule has 1 aromatic rings. The maximum atomic E-state index is 6.08. The van der Waals surface area contributed by atoms with Crippen LogP contribution in [0.25, 0.3) is 0 Å². The molecule has 2 aliphatic heterocycles. The van der Waals surface area contributed by atoms with Crippen LogP contribution in [0.2, 0.25) is 0 Å². The van der Waals surface area contributed by atoms with Crippen molar-refractivity contribution in [1.29, 1.82) is 0 Å². The Kier molecular flexibility index (Phi) is 4.96. The Labute approximate surface area is 128 Å². The molecule has 4 unspecified atom stereocenters. The second-order valence-electron chi connectivity index (χ2n) is 6.58. The summed E-state index contributed by atoms with van der Waals surface area (Å²) in [5.41, 5.74) is 0. The fraction of sp³-hybridized carbons (Fsp3) is 0.824. The first-order chi connectivity index (χ1) is 10.3. The van der Waals surface area contributed by atoms with Crippen molar-refractivity contribution in [2.45, 2.75) is 77.2 Å². The molecule has 2 bridgehead atoms. The summed E-state index contributed by atoms with van der Waals surface area (Å²) in [7, 11) is 0. The average molecular weight is 291 g/mol. The van der Waals surface area contributed by atoms with Crippen LogP contribution in [0.15, 0.2) is 12.4 Å². The second kappa shape index (κ2) is 6.93. The number of rotatable bonds is 8. The predicted molar refractivity (Wildman–Crippen MR) is 84.3 cm³/mol. The number of ether oxygens (including phenoxy) is 1. The summed E-state index contributed by atoms with van der Waals surface area (Å²) in [5, 5.41) is 3.77. The van der Waals surface area contributed by atoms with Crippen molar-refractivity contribution in [1.82, 2.24) is 14.9 Å². The number of aryl methyl sites for hydroxylation is 1. The number of aromatic nitrogens is 2. The minimum atomic E-state index is 0.485. The summed E-state index contributed by atoms with van der Waals surface area (Å²) < 4.78 is 8.39.